The number of hydrogen-bond acceptors (Lipinski definition) is 2. The Morgan fingerprint density at radius 3 is 2.52 bits per heavy atom. The van der Waals surface area contributed by atoms with Gasteiger partial charge in [-0.3, -0.25) is 4.79 Å². The van der Waals surface area contributed by atoms with Gasteiger partial charge in [-0.15, -0.1) is 0 Å². The molecule has 0 unspecified atom stereocenters. The minimum absolute atomic E-state index is 0.118. The van der Waals surface area contributed by atoms with Crippen LogP contribution in [0, 0.1) is 12.8 Å². The second-order valence-corrected chi connectivity index (χ2v) is 8.12. The highest BCUT2D eigenvalue weighted by molar-refractivity contribution is 6.35. The smallest absolute Gasteiger partial charge is 0.259 e. The molecule has 1 fully saturated rings. The number of fused-ring (bicyclic) bond motifs is 1. The first-order valence-electron chi connectivity index (χ1n) is 10.0. The summed E-state index contributed by atoms with van der Waals surface area (Å²) >= 11 is 0. The molecule has 2 aliphatic rings. The summed E-state index contributed by atoms with van der Waals surface area (Å²) in [7, 11) is 0. The van der Waals surface area contributed by atoms with Crippen LogP contribution in [0.25, 0.3) is 11.6 Å². The van der Waals surface area contributed by atoms with Gasteiger partial charge in [-0.1, -0.05) is 38.1 Å². The number of anilines is 2. The minimum Gasteiger partial charge on any atom is -0.372 e. The third kappa shape index (κ3) is 3.39. The van der Waals surface area contributed by atoms with Crippen LogP contribution < -0.4 is 9.80 Å². The summed E-state index contributed by atoms with van der Waals surface area (Å²) in [6.45, 7) is 9.49. The molecule has 3 nitrogen and oxygen atoms in total. The summed E-state index contributed by atoms with van der Waals surface area (Å²) in [5, 5.41) is 0. The van der Waals surface area contributed by atoms with Gasteiger partial charge in [0.2, 0.25) is 0 Å². The van der Waals surface area contributed by atoms with Crippen LogP contribution in [0.1, 0.15) is 43.4 Å². The minimum atomic E-state index is 0.118. The molecule has 2 aliphatic heterocycles. The van der Waals surface area contributed by atoms with Crippen LogP contribution in [0.2, 0.25) is 0 Å². The van der Waals surface area contributed by atoms with Crippen molar-refractivity contribution in [1.29, 1.82) is 0 Å². The van der Waals surface area contributed by atoms with Crippen LogP contribution in [0.4, 0.5) is 11.4 Å². The number of carbonyl (C=O) groups is 1. The first kappa shape index (κ1) is 17.8. The molecule has 2 heterocycles. The average Bonchev–Trinajstić information content (AvgIpc) is 3.26. The number of para-hydroxylation sites is 1. The van der Waals surface area contributed by atoms with Crippen molar-refractivity contribution in [3.63, 3.8) is 0 Å². The number of aryl methyl sites for hydroxylation is 1. The largest absolute Gasteiger partial charge is 0.372 e. The van der Waals surface area contributed by atoms with Gasteiger partial charge in [0.05, 0.1) is 5.69 Å². The van der Waals surface area contributed by atoms with E-state index in [9.17, 15) is 4.79 Å². The van der Waals surface area contributed by atoms with E-state index in [1.807, 2.05) is 17.0 Å². The Hall–Kier alpha value is -2.55. The number of hydrogen-bond donors (Lipinski definition) is 0. The first-order chi connectivity index (χ1) is 13.0. The Kier molecular flexibility index (Phi) is 4.77. The second-order valence-electron chi connectivity index (χ2n) is 8.12. The molecule has 0 atom stereocenters. The summed E-state index contributed by atoms with van der Waals surface area (Å²) < 4.78 is 0. The normalized spacial score (nSPS) is 18.1. The highest BCUT2D eigenvalue weighted by atomic mass is 16.2. The van der Waals surface area contributed by atoms with Gasteiger partial charge in [-0.25, -0.2) is 0 Å². The number of carbonyl (C=O) groups excluding carboxylic acids is 1. The predicted octanol–water partition coefficient (Wildman–Crippen LogP) is 5.14. The fourth-order valence-corrected chi connectivity index (χ4v) is 4.14. The van der Waals surface area contributed by atoms with Crippen LogP contribution >= 0.6 is 0 Å². The number of benzene rings is 2. The Labute approximate surface area is 162 Å². The van der Waals surface area contributed by atoms with Crippen molar-refractivity contribution in [1.82, 2.24) is 0 Å². The van der Waals surface area contributed by atoms with E-state index in [-0.39, 0.29) is 5.91 Å². The predicted molar refractivity (Wildman–Crippen MR) is 114 cm³/mol. The Morgan fingerprint density at radius 1 is 1.07 bits per heavy atom. The van der Waals surface area contributed by atoms with Gasteiger partial charge >= 0.3 is 0 Å². The van der Waals surface area contributed by atoms with Gasteiger partial charge in [-0.2, -0.15) is 0 Å². The zero-order chi connectivity index (χ0) is 19.0. The van der Waals surface area contributed by atoms with Crippen molar-refractivity contribution in [2.45, 2.75) is 33.6 Å². The number of amides is 1. The van der Waals surface area contributed by atoms with Gasteiger partial charge < -0.3 is 9.80 Å². The van der Waals surface area contributed by atoms with Gasteiger partial charge in [0.15, 0.2) is 0 Å². The second kappa shape index (κ2) is 7.22. The average molecular weight is 361 g/mol. The van der Waals surface area contributed by atoms with Crippen molar-refractivity contribution in [2.75, 3.05) is 29.4 Å². The molecule has 0 aromatic heterocycles. The quantitative estimate of drug-likeness (QED) is 0.705. The number of nitrogens with zero attached hydrogens (tertiary/aromatic N) is 2. The summed E-state index contributed by atoms with van der Waals surface area (Å²) in [6, 6.07) is 14.8. The molecule has 0 saturated carbocycles. The van der Waals surface area contributed by atoms with E-state index in [0.717, 1.165) is 42.0 Å². The van der Waals surface area contributed by atoms with Crippen LogP contribution in [0.5, 0.6) is 0 Å². The molecular weight excluding hydrogens is 332 g/mol. The van der Waals surface area contributed by atoms with Crippen LogP contribution in [-0.4, -0.2) is 25.5 Å². The molecule has 0 N–H and O–H groups in total. The molecule has 27 heavy (non-hydrogen) atoms. The van der Waals surface area contributed by atoms with E-state index in [2.05, 4.69) is 62.1 Å². The first-order valence-corrected chi connectivity index (χ1v) is 10.0. The number of rotatable bonds is 4. The molecule has 140 valence electrons. The van der Waals surface area contributed by atoms with Crippen LogP contribution in [0.15, 0.2) is 42.5 Å². The third-order valence-corrected chi connectivity index (χ3v) is 5.53. The van der Waals surface area contributed by atoms with E-state index in [1.54, 1.807) is 0 Å². The summed E-state index contributed by atoms with van der Waals surface area (Å²) in [4.78, 5) is 17.5. The molecule has 0 bridgehead atoms. The standard InChI is InChI=1S/C24H28N2O/c1-17(2)16-26-23-9-5-4-8-21(23)22(24(26)27)15-19-10-11-20(14-18(19)3)25-12-6-7-13-25/h4-5,8-11,14-15,17H,6-7,12-13,16H2,1-3H3/b22-15-. The van der Waals surface area contributed by atoms with Crippen molar-refractivity contribution < 1.29 is 4.79 Å². The third-order valence-electron chi connectivity index (χ3n) is 5.53. The lowest BCUT2D eigenvalue weighted by atomic mass is 10.0. The van der Waals surface area contributed by atoms with Crippen molar-refractivity contribution >= 4 is 28.9 Å². The van der Waals surface area contributed by atoms with E-state index >= 15 is 0 Å². The Bertz CT molecular complexity index is 891. The fraction of sp³-hybridized carbons (Fsp3) is 0.375. The zero-order valence-electron chi connectivity index (χ0n) is 16.5. The molecule has 0 spiro atoms. The topological polar surface area (TPSA) is 23.6 Å². The van der Waals surface area contributed by atoms with Gasteiger partial charge in [-0.05, 0) is 61.1 Å². The van der Waals surface area contributed by atoms with E-state index < -0.39 is 0 Å². The van der Waals surface area contributed by atoms with E-state index in [4.69, 9.17) is 0 Å². The lowest BCUT2D eigenvalue weighted by molar-refractivity contribution is -0.113. The molecule has 0 aliphatic carbocycles. The highest BCUT2D eigenvalue weighted by Gasteiger charge is 2.32. The Morgan fingerprint density at radius 2 is 1.81 bits per heavy atom. The van der Waals surface area contributed by atoms with Crippen LogP contribution in [0.3, 0.4) is 0 Å². The van der Waals surface area contributed by atoms with Gasteiger partial charge in [0.1, 0.15) is 0 Å². The maximum atomic E-state index is 13.1. The molecule has 1 amide bonds. The molecule has 0 radical (unpaired) electrons. The maximum Gasteiger partial charge on any atom is 0.259 e. The SMILES string of the molecule is Cc1cc(N2CCCC2)ccc1/C=C1\C(=O)N(CC(C)C)c2ccccc21. The monoisotopic (exact) mass is 360 g/mol. The maximum absolute atomic E-state index is 13.1. The van der Waals surface area contributed by atoms with Crippen molar-refractivity contribution in [2.24, 2.45) is 5.92 Å². The van der Waals surface area contributed by atoms with Gasteiger partial charge in [0, 0.05) is 36.5 Å². The van der Waals surface area contributed by atoms with Crippen molar-refractivity contribution in [3.05, 3.63) is 59.2 Å². The highest BCUT2D eigenvalue weighted by Crippen LogP contribution is 2.38. The summed E-state index contributed by atoms with van der Waals surface area (Å²) in [5.41, 5.74) is 6.54. The van der Waals surface area contributed by atoms with Gasteiger partial charge in [0.25, 0.3) is 5.91 Å². The van der Waals surface area contributed by atoms with E-state index in [1.165, 1.54) is 24.1 Å². The Balaban J connectivity index is 1.70. The summed E-state index contributed by atoms with van der Waals surface area (Å²) in [5.74, 6) is 0.552. The lowest BCUT2D eigenvalue weighted by Gasteiger charge is -2.19. The lowest BCUT2D eigenvalue weighted by Crippen LogP contribution is -2.30. The molecule has 2 aromatic rings. The molecule has 1 saturated heterocycles. The molecular formula is C24H28N2O. The fourth-order valence-electron chi connectivity index (χ4n) is 4.14. The van der Waals surface area contributed by atoms with Crippen LogP contribution in [-0.2, 0) is 4.79 Å². The zero-order valence-corrected chi connectivity index (χ0v) is 16.5. The molecule has 2 aromatic carbocycles. The molecule has 4 rings (SSSR count). The van der Waals surface area contributed by atoms with E-state index in [0.29, 0.717) is 5.92 Å². The summed E-state index contributed by atoms with van der Waals surface area (Å²) in [6.07, 6.45) is 4.63. The molecule has 3 heteroatoms. The van der Waals surface area contributed by atoms with Crippen molar-refractivity contribution in [3.8, 4) is 0 Å².